The molecule has 1 aromatic heterocycles. The first-order chi connectivity index (χ1) is 7.88. The molecule has 1 aromatic rings. The number of aromatic nitrogens is 1. The van der Waals surface area contributed by atoms with Crippen LogP contribution in [-0.2, 0) is 6.54 Å². The van der Waals surface area contributed by atoms with Gasteiger partial charge in [0.05, 0.1) is 11.2 Å². The van der Waals surface area contributed by atoms with Crippen molar-refractivity contribution in [3.8, 4) is 0 Å². The Morgan fingerprint density at radius 2 is 2.31 bits per heavy atom. The van der Waals surface area contributed by atoms with E-state index in [0.717, 1.165) is 19.0 Å². The molecule has 1 aliphatic heterocycles. The summed E-state index contributed by atoms with van der Waals surface area (Å²) in [5.41, 5.74) is 3.15. The van der Waals surface area contributed by atoms with Crippen LogP contribution in [0.2, 0.25) is 0 Å². The van der Waals surface area contributed by atoms with Crippen molar-refractivity contribution < 1.29 is 0 Å². The molecule has 0 aliphatic carbocycles. The number of piperidine rings is 1. The predicted molar refractivity (Wildman–Crippen MR) is 68.7 cm³/mol. The quantitative estimate of drug-likeness (QED) is 0.851. The van der Waals surface area contributed by atoms with Crippen LogP contribution in [0.4, 0.5) is 0 Å². The largest absolute Gasteiger partial charge is 0.317 e. The molecule has 16 heavy (non-hydrogen) atoms. The van der Waals surface area contributed by atoms with Crippen molar-refractivity contribution in [3.05, 3.63) is 16.6 Å². The molecule has 1 aliphatic rings. The Morgan fingerprint density at radius 3 is 2.94 bits per heavy atom. The maximum Gasteiger partial charge on any atom is 0.0795 e. The molecule has 0 atom stereocenters. The molecule has 2 rings (SSSR count). The molecule has 4 heteroatoms. The molecule has 90 valence electrons. The Hall–Kier alpha value is -0.450. The van der Waals surface area contributed by atoms with Gasteiger partial charge in [-0.15, -0.1) is 11.3 Å². The second-order valence-corrected chi connectivity index (χ2v) is 5.22. The van der Waals surface area contributed by atoms with Crippen LogP contribution >= 0.6 is 11.3 Å². The molecule has 0 aromatic carbocycles. The van der Waals surface area contributed by atoms with Crippen LogP contribution < -0.4 is 5.32 Å². The third-order valence-electron chi connectivity index (χ3n) is 3.29. The molecular formula is C12H21N3S. The van der Waals surface area contributed by atoms with Gasteiger partial charge < -0.3 is 5.32 Å². The van der Waals surface area contributed by atoms with Crippen molar-refractivity contribution in [2.24, 2.45) is 5.92 Å². The van der Waals surface area contributed by atoms with Gasteiger partial charge in [0.1, 0.15) is 0 Å². The fourth-order valence-corrected chi connectivity index (χ4v) is 2.83. The maximum atomic E-state index is 4.36. The highest BCUT2D eigenvalue weighted by Crippen LogP contribution is 2.15. The number of hydrogen-bond acceptors (Lipinski definition) is 4. The first-order valence-corrected chi connectivity index (χ1v) is 7.13. The van der Waals surface area contributed by atoms with E-state index < -0.39 is 0 Å². The fraction of sp³-hybridized carbons (Fsp3) is 0.750. The summed E-state index contributed by atoms with van der Waals surface area (Å²) in [5.74, 6) is 0.875. The van der Waals surface area contributed by atoms with Crippen LogP contribution in [0, 0.1) is 5.92 Å². The molecule has 2 heterocycles. The number of nitrogens with zero attached hydrogens (tertiary/aromatic N) is 2. The van der Waals surface area contributed by atoms with Crippen molar-refractivity contribution in [3.63, 3.8) is 0 Å². The zero-order valence-corrected chi connectivity index (χ0v) is 10.8. The van der Waals surface area contributed by atoms with Crippen molar-refractivity contribution in [1.82, 2.24) is 15.2 Å². The predicted octanol–water partition coefficient (Wildman–Crippen LogP) is 1.96. The Balaban J connectivity index is 1.80. The number of rotatable bonds is 5. The minimum Gasteiger partial charge on any atom is -0.317 e. The minimum atomic E-state index is 0.875. The normalized spacial score (nSPS) is 18.1. The van der Waals surface area contributed by atoms with Crippen LogP contribution in [0.15, 0.2) is 10.9 Å². The van der Waals surface area contributed by atoms with E-state index in [2.05, 4.69) is 27.5 Å². The number of thiazole rings is 1. The average molecular weight is 239 g/mol. The first kappa shape index (κ1) is 12.0. The molecule has 3 nitrogen and oxygen atoms in total. The summed E-state index contributed by atoms with van der Waals surface area (Å²) in [4.78, 5) is 6.88. The number of nitrogens with one attached hydrogen (secondary N) is 1. The maximum absolute atomic E-state index is 4.36. The van der Waals surface area contributed by atoms with E-state index in [1.807, 2.05) is 5.51 Å². The van der Waals surface area contributed by atoms with Gasteiger partial charge in [0.2, 0.25) is 0 Å². The lowest BCUT2D eigenvalue weighted by Gasteiger charge is -2.28. The highest BCUT2D eigenvalue weighted by atomic mass is 32.1. The van der Waals surface area contributed by atoms with Crippen LogP contribution in [-0.4, -0.2) is 36.1 Å². The average Bonchev–Trinajstić information content (AvgIpc) is 2.82. The third kappa shape index (κ3) is 3.54. The summed E-state index contributed by atoms with van der Waals surface area (Å²) in [7, 11) is 0. The van der Waals surface area contributed by atoms with E-state index in [1.165, 1.54) is 38.2 Å². The van der Waals surface area contributed by atoms with Crippen molar-refractivity contribution in [2.75, 3.05) is 26.2 Å². The Morgan fingerprint density at radius 1 is 1.50 bits per heavy atom. The summed E-state index contributed by atoms with van der Waals surface area (Å²) in [6.45, 7) is 8.01. The highest BCUT2D eigenvalue weighted by Gasteiger charge is 2.16. The second kappa shape index (κ2) is 6.33. The van der Waals surface area contributed by atoms with E-state index in [1.54, 1.807) is 11.3 Å². The summed E-state index contributed by atoms with van der Waals surface area (Å²) in [6, 6.07) is 0. The Labute approximate surface area is 102 Å². The lowest BCUT2D eigenvalue weighted by molar-refractivity contribution is 0.205. The van der Waals surface area contributed by atoms with Crippen molar-refractivity contribution in [2.45, 2.75) is 26.3 Å². The van der Waals surface area contributed by atoms with Gasteiger partial charge in [-0.05, 0) is 38.4 Å². The molecule has 0 bridgehead atoms. The SMILES string of the molecule is CCN(Cc1cscn1)CC1CCNCC1. The van der Waals surface area contributed by atoms with Crippen LogP contribution in [0.3, 0.4) is 0 Å². The summed E-state index contributed by atoms with van der Waals surface area (Å²) >= 11 is 1.69. The smallest absolute Gasteiger partial charge is 0.0795 e. The Bertz CT molecular complexity index is 280. The molecule has 1 N–H and O–H groups in total. The minimum absolute atomic E-state index is 0.875. The fourth-order valence-electron chi connectivity index (χ4n) is 2.28. The van der Waals surface area contributed by atoms with Gasteiger partial charge in [0, 0.05) is 18.5 Å². The monoisotopic (exact) mass is 239 g/mol. The topological polar surface area (TPSA) is 28.2 Å². The summed E-state index contributed by atoms with van der Waals surface area (Å²) in [6.07, 6.45) is 2.65. The van der Waals surface area contributed by atoms with Gasteiger partial charge in [-0.2, -0.15) is 0 Å². The van der Waals surface area contributed by atoms with Crippen LogP contribution in [0.5, 0.6) is 0 Å². The van der Waals surface area contributed by atoms with Crippen LogP contribution in [0.1, 0.15) is 25.5 Å². The lowest BCUT2D eigenvalue weighted by atomic mass is 9.97. The first-order valence-electron chi connectivity index (χ1n) is 6.18. The van der Waals surface area contributed by atoms with Gasteiger partial charge >= 0.3 is 0 Å². The van der Waals surface area contributed by atoms with E-state index in [4.69, 9.17) is 0 Å². The van der Waals surface area contributed by atoms with Gasteiger partial charge in [-0.1, -0.05) is 6.92 Å². The zero-order valence-electron chi connectivity index (χ0n) is 9.98. The van der Waals surface area contributed by atoms with Gasteiger partial charge in [0.15, 0.2) is 0 Å². The standard InChI is InChI=1S/C12H21N3S/c1-2-15(8-12-9-16-10-14-12)7-11-3-5-13-6-4-11/h9-11,13H,2-8H2,1H3. The molecule has 0 saturated carbocycles. The lowest BCUT2D eigenvalue weighted by Crippen LogP contribution is -2.35. The second-order valence-electron chi connectivity index (χ2n) is 4.50. The van der Waals surface area contributed by atoms with Gasteiger partial charge in [-0.3, -0.25) is 4.90 Å². The molecule has 1 saturated heterocycles. The molecule has 0 radical (unpaired) electrons. The Kier molecular flexibility index (Phi) is 4.75. The van der Waals surface area contributed by atoms with Crippen molar-refractivity contribution in [1.29, 1.82) is 0 Å². The van der Waals surface area contributed by atoms with E-state index in [0.29, 0.717) is 0 Å². The van der Waals surface area contributed by atoms with Gasteiger partial charge in [0.25, 0.3) is 0 Å². The highest BCUT2D eigenvalue weighted by molar-refractivity contribution is 7.07. The molecule has 0 amide bonds. The van der Waals surface area contributed by atoms with Gasteiger partial charge in [-0.25, -0.2) is 4.98 Å². The van der Waals surface area contributed by atoms with E-state index in [9.17, 15) is 0 Å². The zero-order chi connectivity index (χ0) is 11.2. The molecular weight excluding hydrogens is 218 g/mol. The van der Waals surface area contributed by atoms with E-state index >= 15 is 0 Å². The third-order valence-corrected chi connectivity index (χ3v) is 3.93. The molecule has 1 fully saturated rings. The number of hydrogen-bond donors (Lipinski definition) is 1. The summed E-state index contributed by atoms with van der Waals surface area (Å²) < 4.78 is 0. The molecule has 0 spiro atoms. The summed E-state index contributed by atoms with van der Waals surface area (Å²) in [5, 5.41) is 5.58. The van der Waals surface area contributed by atoms with Crippen molar-refractivity contribution >= 4 is 11.3 Å². The van der Waals surface area contributed by atoms with Crippen LogP contribution in [0.25, 0.3) is 0 Å². The van der Waals surface area contributed by atoms with E-state index in [-0.39, 0.29) is 0 Å². The molecule has 0 unspecified atom stereocenters.